The molecule has 0 saturated heterocycles. The van der Waals surface area contributed by atoms with Crippen molar-refractivity contribution in [3.8, 4) is 0 Å². The van der Waals surface area contributed by atoms with E-state index >= 15 is 0 Å². The lowest BCUT2D eigenvalue weighted by Crippen LogP contribution is -2.26. The minimum Gasteiger partial charge on any atom is -0.367 e. The first kappa shape index (κ1) is 13.2. The number of nitrogens with zero attached hydrogens (tertiary/aromatic N) is 1. The van der Waals surface area contributed by atoms with Crippen molar-refractivity contribution in [2.75, 3.05) is 18.0 Å². The predicted octanol–water partition coefficient (Wildman–Crippen LogP) is 4.88. The lowest BCUT2D eigenvalue weighted by atomic mass is 10.1. The molecule has 0 unspecified atom stereocenters. The van der Waals surface area contributed by atoms with Crippen molar-refractivity contribution in [2.24, 2.45) is 0 Å². The van der Waals surface area contributed by atoms with Crippen LogP contribution in [0.1, 0.15) is 51.0 Å². The molecule has 0 aromatic heterocycles. The third-order valence-electron chi connectivity index (χ3n) is 3.68. The van der Waals surface area contributed by atoms with Gasteiger partial charge in [-0.25, -0.2) is 0 Å². The number of rotatable bonds is 7. The fraction of sp³-hybridized carbons (Fsp3) is 0.529. The monoisotopic (exact) mass is 243 g/mol. The summed E-state index contributed by atoms with van der Waals surface area (Å²) in [6.45, 7) is 4.55. The Morgan fingerprint density at radius 1 is 1.00 bits per heavy atom. The Balaban J connectivity index is 1.75. The molecule has 0 N–H and O–H groups in total. The number of unbranched alkanes of at least 4 members (excludes halogenated alkanes) is 5. The van der Waals surface area contributed by atoms with E-state index in [-0.39, 0.29) is 0 Å². The fourth-order valence-corrected chi connectivity index (χ4v) is 2.62. The number of para-hydroxylation sites is 1. The largest absolute Gasteiger partial charge is 0.367 e. The molecule has 1 aromatic rings. The summed E-state index contributed by atoms with van der Waals surface area (Å²) < 4.78 is 0. The lowest BCUT2D eigenvalue weighted by Gasteiger charge is -2.28. The number of hydrogen-bond donors (Lipinski definition) is 0. The van der Waals surface area contributed by atoms with Crippen LogP contribution >= 0.6 is 0 Å². The van der Waals surface area contributed by atoms with Gasteiger partial charge in [0.05, 0.1) is 0 Å². The summed E-state index contributed by atoms with van der Waals surface area (Å²) in [4.78, 5) is 2.51. The van der Waals surface area contributed by atoms with Gasteiger partial charge in [0, 0.05) is 18.8 Å². The second-order valence-corrected chi connectivity index (χ2v) is 5.17. The molecule has 18 heavy (non-hydrogen) atoms. The van der Waals surface area contributed by atoms with Crippen LogP contribution in [0.15, 0.2) is 30.3 Å². The summed E-state index contributed by atoms with van der Waals surface area (Å²) >= 11 is 0. The summed E-state index contributed by atoms with van der Waals surface area (Å²) in [5.41, 5.74) is 2.78. The van der Waals surface area contributed by atoms with Crippen LogP contribution in [0.25, 0.3) is 6.08 Å². The van der Waals surface area contributed by atoms with Gasteiger partial charge in [0.15, 0.2) is 0 Å². The zero-order chi connectivity index (χ0) is 12.6. The number of hydrogen-bond acceptors (Lipinski definition) is 1. The maximum atomic E-state index is 2.51. The minimum absolute atomic E-state index is 1.08. The molecule has 0 saturated carbocycles. The predicted molar refractivity (Wildman–Crippen MR) is 81.1 cm³/mol. The number of anilines is 1. The molecule has 0 radical (unpaired) electrons. The smallest absolute Gasteiger partial charge is 0.0442 e. The van der Waals surface area contributed by atoms with Crippen molar-refractivity contribution in [3.05, 3.63) is 35.9 Å². The van der Waals surface area contributed by atoms with Crippen molar-refractivity contribution in [2.45, 2.75) is 45.4 Å². The van der Waals surface area contributed by atoms with Crippen LogP contribution in [0.5, 0.6) is 0 Å². The Morgan fingerprint density at radius 3 is 2.67 bits per heavy atom. The summed E-state index contributed by atoms with van der Waals surface area (Å²) in [5, 5.41) is 0. The highest BCUT2D eigenvalue weighted by atomic mass is 15.1. The van der Waals surface area contributed by atoms with E-state index in [0.29, 0.717) is 0 Å². The average molecular weight is 243 g/mol. The van der Waals surface area contributed by atoms with E-state index in [9.17, 15) is 0 Å². The highest BCUT2D eigenvalue weighted by molar-refractivity contribution is 5.71. The third-order valence-corrected chi connectivity index (χ3v) is 3.68. The quantitative estimate of drug-likeness (QED) is 0.617. The Bertz CT molecular complexity index is 381. The molecule has 1 heterocycles. The summed E-state index contributed by atoms with van der Waals surface area (Å²) in [5.74, 6) is 0. The van der Waals surface area contributed by atoms with E-state index in [2.05, 4.69) is 48.2 Å². The van der Waals surface area contributed by atoms with Gasteiger partial charge in [-0.3, -0.25) is 0 Å². The summed E-state index contributed by atoms with van der Waals surface area (Å²) in [6, 6.07) is 8.72. The lowest BCUT2D eigenvalue weighted by molar-refractivity contribution is 0.603. The van der Waals surface area contributed by atoms with Crippen molar-refractivity contribution in [3.63, 3.8) is 0 Å². The highest BCUT2D eigenvalue weighted by Gasteiger charge is 2.11. The van der Waals surface area contributed by atoms with Gasteiger partial charge in [0.25, 0.3) is 0 Å². The first-order chi connectivity index (χ1) is 8.92. The van der Waals surface area contributed by atoms with Crippen molar-refractivity contribution in [1.29, 1.82) is 0 Å². The van der Waals surface area contributed by atoms with Crippen LogP contribution in [-0.4, -0.2) is 13.1 Å². The van der Waals surface area contributed by atoms with Gasteiger partial charge in [0.1, 0.15) is 0 Å². The van der Waals surface area contributed by atoms with Gasteiger partial charge >= 0.3 is 0 Å². The van der Waals surface area contributed by atoms with E-state index in [1.165, 1.54) is 56.3 Å². The molecule has 0 bridgehead atoms. The zero-order valence-corrected chi connectivity index (χ0v) is 11.6. The summed E-state index contributed by atoms with van der Waals surface area (Å²) in [6.07, 6.45) is 12.8. The SMILES string of the molecule is CCCCCCCCN1CC=Cc2ccccc21. The minimum atomic E-state index is 1.08. The molecule has 0 aliphatic carbocycles. The van der Waals surface area contributed by atoms with E-state index in [1.807, 2.05) is 0 Å². The van der Waals surface area contributed by atoms with Crippen LogP contribution in [-0.2, 0) is 0 Å². The van der Waals surface area contributed by atoms with E-state index in [4.69, 9.17) is 0 Å². The molecule has 0 amide bonds. The van der Waals surface area contributed by atoms with Gasteiger partial charge in [-0.05, 0) is 18.1 Å². The Hall–Kier alpha value is -1.24. The standard InChI is InChI=1S/C17H25N/c1-2-3-4-5-6-9-14-18-15-10-12-16-11-7-8-13-17(16)18/h7-8,10-13H,2-6,9,14-15H2,1H3. The maximum Gasteiger partial charge on any atom is 0.0442 e. The third kappa shape index (κ3) is 3.63. The Kier molecular flexibility index (Phi) is 5.32. The van der Waals surface area contributed by atoms with Gasteiger partial charge in [-0.2, -0.15) is 0 Å². The first-order valence-corrected chi connectivity index (χ1v) is 7.42. The number of fused-ring (bicyclic) bond motifs is 1. The van der Waals surface area contributed by atoms with Gasteiger partial charge in [-0.15, -0.1) is 0 Å². The molecular weight excluding hydrogens is 218 g/mol. The van der Waals surface area contributed by atoms with Crippen molar-refractivity contribution < 1.29 is 0 Å². The van der Waals surface area contributed by atoms with E-state index in [1.54, 1.807) is 0 Å². The van der Waals surface area contributed by atoms with Crippen LogP contribution in [0.2, 0.25) is 0 Å². The summed E-state index contributed by atoms with van der Waals surface area (Å²) in [7, 11) is 0. The fourth-order valence-electron chi connectivity index (χ4n) is 2.62. The number of benzene rings is 1. The van der Waals surface area contributed by atoms with Crippen molar-refractivity contribution >= 4 is 11.8 Å². The van der Waals surface area contributed by atoms with Gasteiger partial charge in [-0.1, -0.05) is 69.4 Å². The zero-order valence-electron chi connectivity index (χ0n) is 11.6. The van der Waals surface area contributed by atoms with Crippen LogP contribution < -0.4 is 4.90 Å². The Morgan fingerprint density at radius 2 is 1.78 bits per heavy atom. The normalized spacial score (nSPS) is 13.7. The second kappa shape index (κ2) is 7.25. The molecule has 1 aromatic carbocycles. The molecule has 2 rings (SSSR count). The highest BCUT2D eigenvalue weighted by Crippen LogP contribution is 2.25. The molecule has 1 aliphatic heterocycles. The molecule has 1 aliphatic rings. The molecule has 1 nitrogen and oxygen atoms in total. The van der Waals surface area contributed by atoms with Crippen LogP contribution in [0, 0.1) is 0 Å². The molecule has 0 fully saturated rings. The molecule has 0 spiro atoms. The molecule has 0 atom stereocenters. The Labute approximate surface area is 112 Å². The topological polar surface area (TPSA) is 3.24 Å². The molecule has 1 heteroatoms. The van der Waals surface area contributed by atoms with Gasteiger partial charge < -0.3 is 4.90 Å². The van der Waals surface area contributed by atoms with Crippen molar-refractivity contribution in [1.82, 2.24) is 0 Å². The maximum absolute atomic E-state index is 2.51. The van der Waals surface area contributed by atoms with E-state index < -0.39 is 0 Å². The van der Waals surface area contributed by atoms with E-state index in [0.717, 1.165) is 6.54 Å². The van der Waals surface area contributed by atoms with Crippen LogP contribution in [0.3, 0.4) is 0 Å². The van der Waals surface area contributed by atoms with Gasteiger partial charge in [0.2, 0.25) is 0 Å². The molecular formula is C17H25N. The average Bonchev–Trinajstić information content (AvgIpc) is 2.43. The first-order valence-electron chi connectivity index (χ1n) is 7.42. The van der Waals surface area contributed by atoms with Crippen LogP contribution in [0.4, 0.5) is 5.69 Å². The molecule has 98 valence electrons. The second-order valence-electron chi connectivity index (χ2n) is 5.17.